The molecule has 3 heteroatoms. The van der Waals surface area contributed by atoms with Crippen LogP contribution in [0.15, 0.2) is 29.3 Å². The number of hydrogen-bond donors (Lipinski definition) is 1. The van der Waals surface area contributed by atoms with E-state index in [1.54, 1.807) is 13.0 Å². The lowest BCUT2D eigenvalue weighted by atomic mass is 9.70. The van der Waals surface area contributed by atoms with Crippen molar-refractivity contribution in [1.29, 1.82) is 0 Å². The molecule has 1 aliphatic rings. The van der Waals surface area contributed by atoms with Crippen molar-refractivity contribution in [2.45, 2.75) is 44.2 Å². The highest BCUT2D eigenvalue weighted by atomic mass is 16.3. The molecule has 1 aromatic rings. The predicted octanol–water partition coefficient (Wildman–Crippen LogP) is 2.32. The molecule has 17 heavy (non-hydrogen) atoms. The summed E-state index contributed by atoms with van der Waals surface area (Å²) in [6.07, 6.45) is 4.82. The van der Waals surface area contributed by atoms with Crippen LogP contribution in [0.1, 0.15) is 37.3 Å². The van der Waals surface area contributed by atoms with Crippen LogP contribution < -0.4 is 0 Å². The van der Waals surface area contributed by atoms with Crippen LogP contribution in [0, 0.1) is 0 Å². The molecule has 1 saturated carbocycles. The number of rotatable bonds is 4. The number of carbonyl (C=O) groups excluding carboxylic acids is 1. The van der Waals surface area contributed by atoms with Crippen LogP contribution in [-0.2, 0) is 16.8 Å². The molecule has 0 heterocycles. The molecule has 0 aliphatic heterocycles. The smallest absolute Gasteiger partial charge is 0.235 e. The zero-order valence-electron chi connectivity index (χ0n) is 10.0. The van der Waals surface area contributed by atoms with Gasteiger partial charge < -0.3 is 5.11 Å². The molecule has 0 saturated heterocycles. The molecular weight excluding hydrogens is 214 g/mol. The minimum Gasteiger partial charge on any atom is -0.393 e. The van der Waals surface area contributed by atoms with Gasteiger partial charge in [-0.1, -0.05) is 24.3 Å². The second kappa shape index (κ2) is 4.82. The third-order valence-electron chi connectivity index (χ3n) is 3.47. The van der Waals surface area contributed by atoms with E-state index in [1.807, 2.05) is 24.3 Å². The number of hydrogen-bond acceptors (Lipinski definition) is 3. The molecule has 0 aromatic heterocycles. The first-order valence-corrected chi connectivity index (χ1v) is 6.03. The van der Waals surface area contributed by atoms with Gasteiger partial charge in [0.15, 0.2) is 0 Å². The van der Waals surface area contributed by atoms with Crippen LogP contribution >= 0.6 is 0 Å². The maximum atomic E-state index is 10.6. The number of isocyanates is 1. The summed E-state index contributed by atoms with van der Waals surface area (Å²) >= 11 is 0. The lowest BCUT2D eigenvalue weighted by Gasteiger charge is -2.38. The summed E-state index contributed by atoms with van der Waals surface area (Å²) in [5.74, 6) is 0. The van der Waals surface area contributed by atoms with Crippen LogP contribution in [0.4, 0.5) is 0 Å². The van der Waals surface area contributed by atoms with Gasteiger partial charge in [0.2, 0.25) is 6.08 Å². The molecule has 90 valence electrons. The summed E-state index contributed by atoms with van der Waals surface area (Å²) in [4.78, 5) is 14.6. The molecule has 1 atom stereocenters. The second-order valence-corrected chi connectivity index (χ2v) is 4.80. The zero-order valence-corrected chi connectivity index (χ0v) is 10.0. The van der Waals surface area contributed by atoms with E-state index in [4.69, 9.17) is 0 Å². The fourth-order valence-electron chi connectivity index (χ4n) is 2.51. The Hall–Kier alpha value is -1.44. The van der Waals surface area contributed by atoms with Gasteiger partial charge in [0.1, 0.15) is 0 Å². The fourth-order valence-corrected chi connectivity index (χ4v) is 2.51. The Kier molecular flexibility index (Phi) is 3.41. The van der Waals surface area contributed by atoms with Crippen LogP contribution in [0.2, 0.25) is 0 Å². The van der Waals surface area contributed by atoms with Gasteiger partial charge in [-0.25, -0.2) is 4.79 Å². The third kappa shape index (κ3) is 2.31. The number of aliphatic hydroxyl groups excluding tert-OH is 1. The fraction of sp³-hybridized carbons (Fsp3) is 0.500. The standard InChI is InChI=1S/C14H17NO2/c1-11(17)9-12-5-2-3-6-13(12)14(15-10-16)7-4-8-14/h2-3,5-6,11,17H,4,7-9H2,1H3. The molecule has 1 fully saturated rings. The molecule has 1 aliphatic carbocycles. The number of aliphatic imine (C=N–C) groups is 1. The first-order valence-electron chi connectivity index (χ1n) is 6.03. The molecule has 0 bridgehead atoms. The van der Waals surface area contributed by atoms with Crippen LogP contribution in [0.5, 0.6) is 0 Å². The van der Waals surface area contributed by atoms with E-state index >= 15 is 0 Å². The minimum atomic E-state index is -0.381. The van der Waals surface area contributed by atoms with Crippen molar-refractivity contribution in [3.63, 3.8) is 0 Å². The lowest BCUT2D eigenvalue weighted by Crippen LogP contribution is -2.33. The van der Waals surface area contributed by atoms with Gasteiger partial charge in [-0.3, -0.25) is 0 Å². The van der Waals surface area contributed by atoms with Crippen LogP contribution in [-0.4, -0.2) is 17.3 Å². The van der Waals surface area contributed by atoms with Gasteiger partial charge in [0, 0.05) is 0 Å². The average molecular weight is 231 g/mol. The topological polar surface area (TPSA) is 49.7 Å². The predicted molar refractivity (Wildman–Crippen MR) is 65.5 cm³/mol. The summed E-state index contributed by atoms with van der Waals surface area (Å²) in [7, 11) is 0. The van der Waals surface area contributed by atoms with Crippen molar-refractivity contribution in [2.75, 3.05) is 0 Å². The maximum Gasteiger partial charge on any atom is 0.235 e. The molecule has 3 nitrogen and oxygen atoms in total. The van der Waals surface area contributed by atoms with Crippen LogP contribution in [0.25, 0.3) is 0 Å². The van der Waals surface area contributed by atoms with E-state index in [1.165, 1.54) is 0 Å². The summed E-state index contributed by atoms with van der Waals surface area (Å²) < 4.78 is 0. The van der Waals surface area contributed by atoms with Gasteiger partial charge in [-0.05, 0) is 43.7 Å². The SMILES string of the molecule is CC(O)Cc1ccccc1C1(N=C=O)CCC1. The van der Waals surface area contributed by atoms with Crippen LogP contribution in [0.3, 0.4) is 0 Å². The Morgan fingerprint density at radius 2 is 2.18 bits per heavy atom. The van der Waals surface area contributed by atoms with E-state index in [-0.39, 0.29) is 11.6 Å². The van der Waals surface area contributed by atoms with Gasteiger partial charge in [-0.15, -0.1) is 0 Å². The van der Waals surface area contributed by atoms with Gasteiger partial charge in [-0.2, -0.15) is 4.99 Å². The number of benzene rings is 1. The molecule has 1 unspecified atom stereocenters. The van der Waals surface area contributed by atoms with Crippen molar-refractivity contribution >= 4 is 6.08 Å². The summed E-state index contributed by atoms with van der Waals surface area (Å²) in [5.41, 5.74) is 1.80. The maximum absolute atomic E-state index is 10.6. The van der Waals surface area contributed by atoms with Crippen molar-refractivity contribution in [3.8, 4) is 0 Å². The summed E-state index contributed by atoms with van der Waals surface area (Å²) in [6.45, 7) is 1.77. The minimum absolute atomic E-state index is 0.368. The zero-order chi connectivity index (χ0) is 12.3. The highest BCUT2D eigenvalue weighted by molar-refractivity contribution is 5.42. The Morgan fingerprint density at radius 1 is 1.47 bits per heavy atom. The molecule has 0 amide bonds. The van der Waals surface area contributed by atoms with Crippen molar-refractivity contribution < 1.29 is 9.90 Å². The first-order chi connectivity index (χ1) is 8.18. The van der Waals surface area contributed by atoms with Gasteiger partial charge in [0.05, 0.1) is 11.6 Å². The van der Waals surface area contributed by atoms with E-state index in [9.17, 15) is 9.90 Å². The average Bonchev–Trinajstić information content (AvgIpc) is 2.24. The molecule has 0 spiro atoms. The number of aliphatic hydroxyl groups is 1. The Morgan fingerprint density at radius 3 is 2.71 bits per heavy atom. The largest absolute Gasteiger partial charge is 0.393 e. The molecule has 1 N–H and O–H groups in total. The molecule has 1 aromatic carbocycles. The van der Waals surface area contributed by atoms with Gasteiger partial charge >= 0.3 is 0 Å². The lowest BCUT2D eigenvalue weighted by molar-refractivity contribution is 0.192. The summed E-state index contributed by atoms with van der Waals surface area (Å²) in [5, 5.41) is 9.51. The van der Waals surface area contributed by atoms with Crippen molar-refractivity contribution in [2.24, 2.45) is 4.99 Å². The van der Waals surface area contributed by atoms with Crippen molar-refractivity contribution in [3.05, 3.63) is 35.4 Å². The number of nitrogens with zero attached hydrogens (tertiary/aromatic N) is 1. The first kappa shape index (κ1) is 12.0. The third-order valence-corrected chi connectivity index (χ3v) is 3.47. The normalized spacial score (nSPS) is 18.9. The Labute approximate surface area is 101 Å². The molecule has 0 radical (unpaired) electrons. The highest BCUT2D eigenvalue weighted by Crippen LogP contribution is 2.46. The monoisotopic (exact) mass is 231 g/mol. The summed E-state index contributed by atoms with van der Waals surface area (Å²) in [6, 6.07) is 7.93. The Bertz CT molecular complexity index is 443. The van der Waals surface area contributed by atoms with E-state index < -0.39 is 0 Å². The highest BCUT2D eigenvalue weighted by Gasteiger charge is 2.40. The Balaban J connectivity index is 2.39. The molecule has 2 rings (SSSR count). The van der Waals surface area contributed by atoms with E-state index in [2.05, 4.69) is 4.99 Å². The van der Waals surface area contributed by atoms with E-state index in [0.29, 0.717) is 6.42 Å². The second-order valence-electron chi connectivity index (χ2n) is 4.80. The van der Waals surface area contributed by atoms with Crippen molar-refractivity contribution in [1.82, 2.24) is 0 Å². The van der Waals surface area contributed by atoms with E-state index in [0.717, 1.165) is 30.4 Å². The quantitative estimate of drug-likeness (QED) is 0.638. The van der Waals surface area contributed by atoms with Gasteiger partial charge in [0.25, 0.3) is 0 Å². The molecular formula is C14H17NO2.